The Hall–Kier alpha value is -2.59. The van der Waals surface area contributed by atoms with E-state index in [2.05, 4.69) is 0 Å². The van der Waals surface area contributed by atoms with Crippen molar-refractivity contribution in [2.45, 2.75) is 26.9 Å². The van der Waals surface area contributed by atoms with Gasteiger partial charge in [-0.3, -0.25) is 4.79 Å². The molecule has 3 rings (SSSR count). The van der Waals surface area contributed by atoms with Gasteiger partial charge in [0.25, 0.3) is 0 Å². The lowest BCUT2D eigenvalue weighted by Crippen LogP contribution is -2.06. The Bertz CT molecular complexity index is 1000. The molecular weight excluding hydrogens is 340 g/mol. The minimum Gasteiger partial charge on any atom is -0.488 e. The van der Waals surface area contributed by atoms with Crippen LogP contribution >= 0.6 is 11.6 Å². The SMILES string of the molecule is CCc1cc2oc(=O)cc(COc3ccccc3C(C)=O)c2cc1Cl. The Morgan fingerprint density at radius 3 is 2.64 bits per heavy atom. The fraction of sp³-hybridized carbons (Fsp3) is 0.200. The fourth-order valence-electron chi connectivity index (χ4n) is 2.72. The second-order valence-corrected chi connectivity index (χ2v) is 6.13. The number of para-hydroxylation sites is 1. The van der Waals surface area contributed by atoms with Gasteiger partial charge in [-0.05, 0) is 43.2 Å². The van der Waals surface area contributed by atoms with Gasteiger partial charge >= 0.3 is 5.63 Å². The van der Waals surface area contributed by atoms with Crippen LogP contribution in [0.3, 0.4) is 0 Å². The lowest BCUT2D eigenvalue weighted by Gasteiger charge is -2.12. The maximum atomic E-state index is 11.9. The van der Waals surface area contributed by atoms with Gasteiger partial charge in [0.15, 0.2) is 5.78 Å². The van der Waals surface area contributed by atoms with Crippen LogP contribution in [0.25, 0.3) is 11.0 Å². The molecule has 0 unspecified atom stereocenters. The van der Waals surface area contributed by atoms with E-state index < -0.39 is 5.63 Å². The first-order valence-electron chi connectivity index (χ1n) is 7.97. The van der Waals surface area contributed by atoms with Crippen LogP contribution < -0.4 is 10.4 Å². The number of Topliss-reactive ketones (excluding diaryl/α,β-unsaturated/α-hetero) is 1. The molecular formula is C20H17ClO4. The third kappa shape index (κ3) is 3.59. The average molecular weight is 357 g/mol. The highest BCUT2D eigenvalue weighted by Gasteiger charge is 2.12. The van der Waals surface area contributed by atoms with E-state index in [4.69, 9.17) is 20.8 Å². The van der Waals surface area contributed by atoms with Crippen molar-refractivity contribution in [3.05, 3.63) is 74.6 Å². The Morgan fingerprint density at radius 2 is 1.92 bits per heavy atom. The quantitative estimate of drug-likeness (QED) is 0.487. The molecule has 1 aromatic heterocycles. The van der Waals surface area contributed by atoms with Crippen molar-refractivity contribution in [1.29, 1.82) is 0 Å². The van der Waals surface area contributed by atoms with E-state index in [-0.39, 0.29) is 12.4 Å². The van der Waals surface area contributed by atoms with Crippen molar-refractivity contribution in [3.8, 4) is 5.75 Å². The Morgan fingerprint density at radius 1 is 1.16 bits per heavy atom. The smallest absolute Gasteiger partial charge is 0.336 e. The molecule has 2 aromatic carbocycles. The highest BCUT2D eigenvalue weighted by molar-refractivity contribution is 6.32. The number of hydrogen-bond donors (Lipinski definition) is 0. The minimum absolute atomic E-state index is 0.0799. The Kier molecular flexibility index (Phi) is 4.91. The molecule has 0 atom stereocenters. The summed E-state index contributed by atoms with van der Waals surface area (Å²) >= 11 is 6.29. The van der Waals surface area contributed by atoms with E-state index >= 15 is 0 Å². The number of carbonyl (C=O) groups is 1. The molecule has 4 nitrogen and oxygen atoms in total. The van der Waals surface area contributed by atoms with E-state index in [0.29, 0.717) is 27.5 Å². The van der Waals surface area contributed by atoms with Crippen molar-refractivity contribution >= 4 is 28.4 Å². The predicted molar refractivity (Wildman–Crippen MR) is 97.7 cm³/mol. The summed E-state index contributed by atoms with van der Waals surface area (Å²) in [5.41, 5.74) is 2.11. The fourth-order valence-corrected chi connectivity index (χ4v) is 3.02. The number of fused-ring (bicyclic) bond motifs is 1. The van der Waals surface area contributed by atoms with Crippen LogP contribution in [0.15, 0.2) is 51.7 Å². The van der Waals surface area contributed by atoms with Gasteiger partial charge in [0.1, 0.15) is 17.9 Å². The number of ether oxygens (including phenoxy) is 1. The van der Waals surface area contributed by atoms with Crippen molar-refractivity contribution in [1.82, 2.24) is 0 Å². The van der Waals surface area contributed by atoms with Crippen LogP contribution in [-0.2, 0) is 13.0 Å². The van der Waals surface area contributed by atoms with Crippen LogP contribution in [0, 0.1) is 0 Å². The molecule has 5 heteroatoms. The number of halogens is 1. The maximum Gasteiger partial charge on any atom is 0.336 e. The normalized spacial score (nSPS) is 10.8. The molecule has 0 saturated heterocycles. The predicted octanol–water partition coefficient (Wildman–Crippen LogP) is 4.79. The monoisotopic (exact) mass is 356 g/mol. The van der Waals surface area contributed by atoms with Crippen LogP contribution in [0.4, 0.5) is 0 Å². The molecule has 0 N–H and O–H groups in total. The molecule has 1 heterocycles. The summed E-state index contributed by atoms with van der Waals surface area (Å²) in [6.07, 6.45) is 0.741. The summed E-state index contributed by atoms with van der Waals surface area (Å²) in [6, 6.07) is 12.0. The molecule has 3 aromatic rings. The first kappa shape index (κ1) is 17.2. The molecule has 0 amide bonds. The number of rotatable bonds is 5. The van der Waals surface area contributed by atoms with E-state index in [1.807, 2.05) is 6.92 Å². The van der Waals surface area contributed by atoms with Gasteiger partial charge in [0.2, 0.25) is 0 Å². The summed E-state index contributed by atoms with van der Waals surface area (Å²) in [7, 11) is 0. The largest absolute Gasteiger partial charge is 0.488 e. The zero-order valence-corrected chi connectivity index (χ0v) is 14.7. The van der Waals surface area contributed by atoms with E-state index in [9.17, 15) is 9.59 Å². The van der Waals surface area contributed by atoms with Gasteiger partial charge in [-0.2, -0.15) is 0 Å². The summed E-state index contributed by atoms with van der Waals surface area (Å²) in [6.45, 7) is 3.60. The van der Waals surface area contributed by atoms with Crippen LogP contribution in [0.1, 0.15) is 35.3 Å². The van der Waals surface area contributed by atoms with Gasteiger partial charge in [-0.1, -0.05) is 30.7 Å². The first-order valence-corrected chi connectivity index (χ1v) is 8.35. The second-order valence-electron chi connectivity index (χ2n) is 5.73. The maximum absolute atomic E-state index is 11.9. The van der Waals surface area contributed by atoms with E-state index in [1.165, 1.54) is 13.0 Å². The highest BCUT2D eigenvalue weighted by atomic mass is 35.5. The van der Waals surface area contributed by atoms with E-state index in [1.54, 1.807) is 36.4 Å². The van der Waals surface area contributed by atoms with Crippen molar-refractivity contribution in [3.63, 3.8) is 0 Å². The third-order valence-corrected chi connectivity index (χ3v) is 4.38. The highest BCUT2D eigenvalue weighted by Crippen LogP contribution is 2.27. The summed E-state index contributed by atoms with van der Waals surface area (Å²) in [5, 5.41) is 1.34. The van der Waals surface area contributed by atoms with Crippen molar-refractivity contribution in [2.75, 3.05) is 0 Å². The van der Waals surface area contributed by atoms with Crippen LogP contribution in [0.5, 0.6) is 5.75 Å². The zero-order valence-electron chi connectivity index (χ0n) is 14.0. The van der Waals surface area contributed by atoms with Crippen LogP contribution in [0.2, 0.25) is 5.02 Å². The standard InChI is InChI=1S/C20H17ClO4/c1-3-13-8-19-16(10-17(13)21)14(9-20(23)25-19)11-24-18-7-5-4-6-15(18)12(2)22/h4-10H,3,11H2,1-2H3. The molecule has 0 fully saturated rings. The first-order chi connectivity index (χ1) is 12.0. The molecule has 0 bridgehead atoms. The third-order valence-electron chi connectivity index (χ3n) is 4.03. The molecule has 0 spiro atoms. The second kappa shape index (κ2) is 7.11. The minimum atomic E-state index is -0.449. The van der Waals surface area contributed by atoms with Gasteiger partial charge in [0, 0.05) is 22.0 Å². The summed E-state index contributed by atoms with van der Waals surface area (Å²) < 4.78 is 11.1. The van der Waals surface area contributed by atoms with Gasteiger partial charge in [-0.15, -0.1) is 0 Å². The van der Waals surface area contributed by atoms with Crippen LogP contribution in [-0.4, -0.2) is 5.78 Å². The van der Waals surface area contributed by atoms with Gasteiger partial charge < -0.3 is 9.15 Å². The summed E-state index contributed by atoms with van der Waals surface area (Å²) in [5.74, 6) is 0.399. The average Bonchev–Trinajstić information content (AvgIpc) is 2.59. The number of hydrogen-bond acceptors (Lipinski definition) is 4. The van der Waals surface area contributed by atoms with Crippen molar-refractivity contribution in [2.24, 2.45) is 0 Å². The number of ketones is 1. The molecule has 0 saturated carbocycles. The van der Waals surface area contributed by atoms with Gasteiger partial charge in [-0.25, -0.2) is 4.79 Å². The number of aryl methyl sites for hydroxylation is 1. The topological polar surface area (TPSA) is 56.5 Å². The lowest BCUT2D eigenvalue weighted by atomic mass is 10.1. The molecule has 128 valence electrons. The molecule has 0 aliphatic carbocycles. The molecule has 0 aliphatic heterocycles. The van der Waals surface area contributed by atoms with Gasteiger partial charge in [0.05, 0.1) is 5.56 Å². The number of benzene rings is 2. The Balaban J connectivity index is 2.01. The summed E-state index contributed by atoms with van der Waals surface area (Å²) in [4.78, 5) is 23.6. The lowest BCUT2D eigenvalue weighted by molar-refractivity contribution is 0.101. The molecule has 0 aliphatic rings. The van der Waals surface area contributed by atoms with E-state index in [0.717, 1.165) is 17.4 Å². The number of carbonyl (C=O) groups excluding carboxylic acids is 1. The molecule has 0 radical (unpaired) electrons. The Labute approximate surface area is 150 Å². The molecule has 25 heavy (non-hydrogen) atoms. The zero-order chi connectivity index (χ0) is 18.0. The van der Waals surface area contributed by atoms with Crippen molar-refractivity contribution < 1.29 is 13.9 Å².